The first-order valence-corrected chi connectivity index (χ1v) is 4.98. The fourth-order valence-electron chi connectivity index (χ4n) is 0.974. The zero-order valence-electron chi connectivity index (χ0n) is 9.70. The van der Waals surface area contributed by atoms with E-state index in [0.29, 0.717) is 0 Å². The number of nitrogens with zero attached hydrogens (tertiary/aromatic N) is 3. The van der Waals surface area contributed by atoms with Gasteiger partial charge in [0.15, 0.2) is 0 Å². The van der Waals surface area contributed by atoms with E-state index in [2.05, 4.69) is 24.1 Å². The van der Waals surface area contributed by atoms with Crippen molar-refractivity contribution in [3.63, 3.8) is 0 Å². The van der Waals surface area contributed by atoms with Gasteiger partial charge in [-0.25, -0.2) is 5.01 Å². The van der Waals surface area contributed by atoms with Crippen LogP contribution in [0.25, 0.3) is 0 Å². The Morgan fingerprint density at radius 2 is 2.00 bits per heavy atom. The highest BCUT2D eigenvalue weighted by Gasteiger charge is 2.19. The van der Waals surface area contributed by atoms with Gasteiger partial charge < -0.3 is 0 Å². The van der Waals surface area contributed by atoms with E-state index in [0.717, 1.165) is 19.3 Å². The Kier molecular flexibility index (Phi) is 6.32. The average molecular weight is 198 g/mol. The summed E-state index contributed by atoms with van der Waals surface area (Å²) in [6.45, 7) is 6.12. The molecule has 0 aromatic heterocycles. The lowest BCUT2D eigenvalue weighted by molar-refractivity contribution is 0.146. The summed E-state index contributed by atoms with van der Waals surface area (Å²) in [5.74, 6) is 5.71. The van der Waals surface area contributed by atoms with Gasteiger partial charge in [0, 0.05) is 25.0 Å². The second-order valence-electron chi connectivity index (χ2n) is 3.99. The summed E-state index contributed by atoms with van der Waals surface area (Å²) < 4.78 is 0. The molecular formula is C10H22N4. The summed E-state index contributed by atoms with van der Waals surface area (Å²) in [5, 5.41) is 9.36. The quantitative estimate of drug-likeness (QED) is 0.306. The van der Waals surface area contributed by atoms with Crippen molar-refractivity contribution in [3.8, 4) is 0 Å². The Labute approximate surface area is 86.9 Å². The van der Waals surface area contributed by atoms with Gasteiger partial charge in [-0.05, 0) is 40.0 Å². The molecule has 0 spiro atoms. The van der Waals surface area contributed by atoms with Crippen LogP contribution in [0.2, 0.25) is 0 Å². The second-order valence-corrected chi connectivity index (χ2v) is 3.99. The number of hydrogen-bond acceptors (Lipinski definition) is 4. The highest BCUT2D eigenvalue weighted by molar-refractivity contribution is 5.59. The smallest absolute Gasteiger partial charge is 0.0292 e. The van der Waals surface area contributed by atoms with Crippen molar-refractivity contribution < 1.29 is 0 Å². The molecule has 0 aliphatic rings. The second kappa shape index (κ2) is 6.68. The van der Waals surface area contributed by atoms with E-state index in [1.54, 1.807) is 11.2 Å². The maximum Gasteiger partial charge on any atom is 0.0292 e. The summed E-state index contributed by atoms with van der Waals surface area (Å²) in [5.41, 5.74) is 0.0574. The highest BCUT2D eigenvalue weighted by Crippen LogP contribution is 2.16. The van der Waals surface area contributed by atoms with E-state index in [9.17, 15) is 0 Å². The molecule has 0 saturated heterocycles. The number of hydrogen-bond donors (Lipinski definition) is 1. The molecule has 0 fully saturated rings. The van der Waals surface area contributed by atoms with Crippen LogP contribution in [-0.4, -0.2) is 30.0 Å². The third-order valence-electron chi connectivity index (χ3n) is 2.34. The summed E-state index contributed by atoms with van der Waals surface area (Å²) in [6.07, 6.45) is 6.61. The average Bonchev–Trinajstić information content (AvgIpc) is 2.10. The molecule has 82 valence electrons. The zero-order chi connectivity index (χ0) is 11.0. The first kappa shape index (κ1) is 13.3. The SMILES string of the molecule is CC=NN=CCCCC(C)(C)N(C)N. The number of nitrogens with two attached hydrogens (primary N) is 1. The van der Waals surface area contributed by atoms with Crippen molar-refractivity contribution in [2.45, 2.75) is 45.6 Å². The molecule has 14 heavy (non-hydrogen) atoms. The first-order valence-electron chi connectivity index (χ1n) is 4.98. The Bertz CT molecular complexity index is 194. The van der Waals surface area contributed by atoms with E-state index in [4.69, 9.17) is 5.84 Å². The van der Waals surface area contributed by atoms with Gasteiger partial charge in [-0.15, -0.1) is 0 Å². The minimum absolute atomic E-state index is 0.0574. The van der Waals surface area contributed by atoms with Crippen molar-refractivity contribution in [1.82, 2.24) is 5.01 Å². The van der Waals surface area contributed by atoms with E-state index >= 15 is 0 Å². The van der Waals surface area contributed by atoms with Gasteiger partial charge in [-0.1, -0.05) is 0 Å². The molecule has 0 rings (SSSR count). The van der Waals surface area contributed by atoms with Crippen LogP contribution in [0.15, 0.2) is 10.2 Å². The lowest BCUT2D eigenvalue weighted by Gasteiger charge is -2.31. The normalized spacial score (nSPS) is 13.6. The predicted molar refractivity (Wildman–Crippen MR) is 62.5 cm³/mol. The summed E-state index contributed by atoms with van der Waals surface area (Å²) in [4.78, 5) is 0. The summed E-state index contributed by atoms with van der Waals surface area (Å²) >= 11 is 0. The molecular weight excluding hydrogens is 176 g/mol. The minimum atomic E-state index is 0.0574. The van der Waals surface area contributed by atoms with Crippen LogP contribution in [0.1, 0.15) is 40.0 Å². The third-order valence-corrected chi connectivity index (χ3v) is 2.34. The van der Waals surface area contributed by atoms with Crippen molar-refractivity contribution in [2.75, 3.05) is 7.05 Å². The summed E-state index contributed by atoms with van der Waals surface area (Å²) in [6, 6.07) is 0. The molecule has 0 saturated carbocycles. The molecule has 0 aromatic carbocycles. The fraction of sp³-hybridized carbons (Fsp3) is 0.800. The lowest BCUT2D eigenvalue weighted by Crippen LogP contribution is -2.45. The van der Waals surface area contributed by atoms with E-state index in [1.165, 1.54) is 0 Å². The molecule has 0 aliphatic carbocycles. The van der Waals surface area contributed by atoms with Gasteiger partial charge in [-0.3, -0.25) is 5.84 Å². The predicted octanol–water partition coefficient (Wildman–Crippen LogP) is 1.82. The number of unbranched alkanes of at least 4 members (excludes halogenated alkanes) is 1. The largest absolute Gasteiger partial charge is 0.269 e. The molecule has 4 nitrogen and oxygen atoms in total. The molecule has 0 radical (unpaired) electrons. The van der Waals surface area contributed by atoms with Gasteiger partial charge in [0.1, 0.15) is 0 Å². The van der Waals surface area contributed by atoms with Crippen LogP contribution in [-0.2, 0) is 0 Å². The van der Waals surface area contributed by atoms with E-state index in [-0.39, 0.29) is 5.54 Å². The van der Waals surface area contributed by atoms with Crippen molar-refractivity contribution in [3.05, 3.63) is 0 Å². The van der Waals surface area contributed by atoms with Crippen LogP contribution in [0.3, 0.4) is 0 Å². The monoisotopic (exact) mass is 198 g/mol. The van der Waals surface area contributed by atoms with Crippen LogP contribution < -0.4 is 5.84 Å². The Hall–Kier alpha value is -0.740. The topological polar surface area (TPSA) is 54.0 Å². The van der Waals surface area contributed by atoms with Crippen molar-refractivity contribution >= 4 is 12.4 Å². The van der Waals surface area contributed by atoms with Crippen molar-refractivity contribution in [1.29, 1.82) is 0 Å². The van der Waals surface area contributed by atoms with Gasteiger partial charge in [-0.2, -0.15) is 10.2 Å². The molecule has 0 heterocycles. The maximum absolute atomic E-state index is 5.71. The Morgan fingerprint density at radius 3 is 2.50 bits per heavy atom. The standard InChI is InChI=1S/C10H22N4/c1-5-12-13-9-7-6-8-10(2,3)14(4)11/h5,9H,6-8,11H2,1-4H3. The molecule has 0 amide bonds. The van der Waals surface area contributed by atoms with Gasteiger partial charge in [0.2, 0.25) is 0 Å². The van der Waals surface area contributed by atoms with Crippen LogP contribution in [0.4, 0.5) is 0 Å². The molecule has 0 aliphatic heterocycles. The van der Waals surface area contributed by atoms with Crippen LogP contribution in [0.5, 0.6) is 0 Å². The number of hydrazine groups is 1. The minimum Gasteiger partial charge on any atom is -0.269 e. The van der Waals surface area contributed by atoms with Crippen LogP contribution in [0, 0.1) is 0 Å². The third kappa shape index (κ3) is 5.83. The molecule has 0 aromatic rings. The van der Waals surface area contributed by atoms with Gasteiger partial charge >= 0.3 is 0 Å². The van der Waals surface area contributed by atoms with Gasteiger partial charge in [0.05, 0.1) is 0 Å². The molecule has 0 bridgehead atoms. The Balaban J connectivity index is 3.64. The molecule has 0 atom stereocenters. The first-order chi connectivity index (χ1) is 6.50. The molecule has 2 N–H and O–H groups in total. The van der Waals surface area contributed by atoms with Crippen molar-refractivity contribution in [2.24, 2.45) is 16.0 Å². The van der Waals surface area contributed by atoms with E-state index < -0.39 is 0 Å². The highest BCUT2D eigenvalue weighted by atomic mass is 15.4. The Morgan fingerprint density at radius 1 is 1.36 bits per heavy atom. The fourth-order valence-corrected chi connectivity index (χ4v) is 0.974. The lowest BCUT2D eigenvalue weighted by atomic mass is 9.97. The molecule has 0 unspecified atom stereocenters. The van der Waals surface area contributed by atoms with E-state index in [1.807, 2.05) is 20.2 Å². The van der Waals surface area contributed by atoms with Gasteiger partial charge in [0.25, 0.3) is 0 Å². The van der Waals surface area contributed by atoms with Crippen LogP contribution >= 0.6 is 0 Å². The number of rotatable bonds is 6. The zero-order valence-corrected chi connectivity index (χ0v) is 9.70. The summed E-state index contributed by atoms with van der Waals surface area (Å²) in [7, 11) is 1.90. The maximum atomic E-state index is 5.71. The molecule has 4 heteroatoms.